The van der Waals surface area contributed by atoms with Crippen LogP contribution in [0.4, 0.5) is 4.39 Å². The quantitative estimate of drug-likeness (QED) is 0.592. The SMILES string of the molecule is CCn1c(CCc2ccccc2)nnc1SCc1ccc(F)cc1. The summed E-state index contributed by atoms with van der Waals surface area (Å²) in [6, 6.07) is 17.0. The van der Waals surface area contributed by atoms with Crippen molar-refractivity contribution in [2.75, 3.05) is 0 Å². The molecule has 0 spiro atoms. The third-order valence-corrected chi connectivity index (χ3v) is 4.91. The van der Waals surface area contributed by atoms with E-state index in [2.05, 4.69) is 46.0 Å². The molecule has 0 aliphatic heterocycles. The summed E-state index contributed by atoms with van der Waals surface area (Å²) in [6.45, 7) is 2.96. The van der Waals surface area contributed by atoms with Crippen LogP contribution >= 0.6 is 11.8 Å². The smallest absolute Gasteiger partial charge is 0.191 e. The van der Waals surface area contributed by atoms with Crippen LogP contribution in [-0.2, 0) is 25.1 Å². The topological polar surface area (TPSA) is 30.7 Å². The molecule has 0 N–H and O–H groups in total. The Morgan fingerprint density at radius 2 is 1.67 bits per heavy atom. The van der Waals surface area contributed by atoms with Gasteiger partial charge in [-0.3, -0.25) is 0 Å². The van der Waals surface area contributed by atoms with Gasteiger partial charge in [-0.05, 0) is 36.6 Å². The van der Waals surface area contributed by atoms with E-state index in [1.165, 1.54) is 17.7 Å². The number of hydrogen-bond donors (Lipinski definition) is 0. The molecule has 0 aliphatic carbocycles. The fourth-order valence-electron chi connectivity index (χ4n) is 2.56. The van der Waals surface area contributed by atoms with Gasteiger partial charge in [-0.15, -0.1) is 10.2 Å². The molecule has 0 aliphatic rings. The average molecular weight is 341 g/mol. The Bertz CT molecular complexity index is 769. The molecule has 0 bridgehead atoms. The lowest BCUT2D eigenvalue weighted by Crippen LogP contribution is -2.05. The summed E-state index contributed by atoms with van der Waals surface area (Å²) in [4.78, 5) is 0. The van der Waals surface area contributed by atoms with Crippen LogP contribution in [0.5, 0.6) is 0 Å². The molecule has 124 valence electrons. The van der Waals surface area contributed by atoms with E-state index in [0.29, 0.717) is 0 Å². The minimum atomic E-state index is -0.205. The summed E-state index contributed by atoms with van der Waals surface area (Å²) in [5.74, 6) is 1.57. The summed E-state index contributed by atoms with van der Waals surface area (Å²) in [5.41, 5.74) is 2.39. The highest BCUT2D eigenvalue weighted by atomic mass is 32.2. The molecule has 24 heavy (non-hydrogen) atoms. The van der Waals surface area contributed by atoms with Crippen LogP contribution in [-0.4, -0.2) is 14.8 Å². The van der Waals surface area contributed by atoms with E-state index >= 15 is 0 Å². The summed E-state index contributed by atoms with van der Waals surface area (Å²) in [7, 11) is 0. The minimum absolute atomic E-state index is 0.205. The van der Waals surface area contributed by atoms with Gasteiger partial charge in [0.05, 0.1) is 0 Å². The standard InChI is InChI=1S/C19H20FN3S/c1-2-23-18(13-10-15-6-4-3-5-7-15)21-22-19(23)24-14-16-8-11-17(20)12-9-16/h3-9,11-12H,2,10,13-14H2,1H3. The summed E-state index contributed by atoms with van der Waals surface area (Å²) < 4.78 is 15.1. The van der Waals surface area contributed by atoms with Gasteiger partial charge < -0.3 is 4.57 Å². The van der Waals surface area contributed by atoms with Gasteiger partial charge in [0.25, 0.3) is 0 Å². The predicted molar refractivity (Wildman–Crippen MR) is 95.5 cm³/mol. The van der Waals surface area contributed by atoms with Gasteiger partial charge in [0, 0.05) is 18.7 Å². The Kier molecular flexibility index (Phi) is 5.64. The van der Waals surface area contributed by atoms with Crippen molar-refractivity contribution in [2.45, 2.75) is 37.2 Å². The Morgan fingerprint density at radius 1 is 0.917 bits per heavy atom. The summed E-state index contributed by atoms with van der Waals surface area (Å²) in [5, 5.41) is 9.62. The van der Waals surface area contributed by atoms with Crippen LogP contribution in [0.25, 0.3) is 0 Å². The highest BCUT2D eigenvalue weighted by molar-refractivity contribution is 7.98. The largest absolute Gasteiger partial charge is 0.306 e. The van der Waals surface area contributed by atoms with Crippen LogP contribution in [0.15, 0.2) is 59.8 Å². The fraction of sp³-hybridized carbons (Fsp3) is 0.263. The molecule has 2 aromatic carbocycles. The molecule has 0 saturated carbocycles. The fourth-order valence-corrected chi connectivity index (χ4v) is 3.53. The number of thioether (sulfide) groups is 1. The van der Waals surface area contributed by atoms with Crippen LogP contribution in [0, 0.1) is 5.82 Å². The molecule has 0 unspecified atom stereocenters. The number of rotatable bonds is 7. The zero-order chi connectivity index (χ0) is 16.8. The molecule has 1 aromatic heterocycles. The van der Waals surface area contributed by atoms with E-state index < -0.39 is 0 Å². The summed E-state index contributed by atoms with van der Waals surface area (Å²) >= 11 is 1.64. The molecule has 0 radical (unpaired) electrons. The molecule has 3 rings (SSSR count). The Balaban J connectivity index is 1.64. The van der Waals surface area contributed by atoms with Crippen molar-refractivity contribution in [2.24, 2.45) is 0 Å². The first-order valence-electron chi connectivity index (χ1n) is 8.09. The molecule has 0 amide bonds. The second-order valence-corrected chi connectivity index (χ2v) is 6.49. The predicted octanol–water partition coefficient (Wildman–Crippen LogP) is 4.51. The molecule has 0 atom stereocenters. The number of hydrogen-bond acceptors (Lipinski definition) is 3. The first kappa shape index (κ1) is 16.7. The Labute approximate surface area is 145 Å². The van der Waals surface area contributed by atoms with Crippen molar-refractivity contribution >= 4 is 11.8 Å². The number of benzene rings is 2. The lowest BCUT2D eigenvalue weighted by molar-refractivity contribution is 0.627. The normalized spacial score (nSPS) is 10.9. The molecular formula is C19H20FN3S. The number of halogens is 1. The van der Waals surface area contributed by atoms with Gasteiger partial charge in [0.2, 0.25) is 0 Å². The molecular weight excluding hydrogens is 321 g/mol. The highest BCUT2D eigenvalue weighted by Crippen LogP contribution is 2.22. The second kappa shape index (κ2) is 8.11. The van der Waals surface area contributed by atoms with Crippen molar-refractivity contribution in [3.05, 3.63) is 77.4 Å². The van der Waals surface area contributed by atoms with Gasteiger partial charge in [-0.1, -0.05) is 54.2 Å². The van der Waals surface area contributed by atoms with Crippen LogP contribution in [0.3, 0.4) is 0 Å². The second-order valence-electron chi connectivity index (χ2n) is 5.54. The lowest BCUT2D eigenvalue weighted by atomic mass is 10.1. The van der Waals surface area contributed by atoms with Crippen LogP contribution in [0.1, 0.15) is 23.9 Å². The van der Waals surface area contributed by atoms with Crippen molar-refractivity contribution in [3.8, 4) is 0 Å². The molecule has 3 nitrogen and oxygen atoms in total. The lowest BCUT2D eigenvalue weighted by Gasteiger charge is -2.07. The van der Waals surface area contributed by atoms with Crippen molar-refractivity contribution < 1.29 is 4.39 Å². The van der Waals surface area contributed by atoms with Gasteiger partial charge >= 0.3 is 0 Å². The van der Waals surface area contributed by atoms with Crippen molar-refractivity contribution in [1.29, 1.82) is 0 Å². The third-order valence-electron chi connectivity index (χ3n) is 3.87. The van der Waals surface area contributed by atoms with E-state index in [9.17, 15) is 4.39 Å². The monoisotopic (exact) mass is 341 g/mol. The van der Waals surface area contributed by atoms with Gasteiger partial charge in [-0.2, -0.15) is 0 Å². The zero-order valence-electron chi connectivity index (χ0n) is 13.7. The number of nitrogens with zero attached hydrogens (tertiary/aromatic N) is 3. The first-order valence-corrected chi connectivity index (χ1v) is 9.08. The average Bonchev–Trinajstić information content (AvgIpc) is 3.02. The number of aryl methyl sites for hydroxylation is 2. The van der Waals surface area contributed by atoms with Crippen LogP contribution in [0.2, 0.25) is 0 Å². The van der Waals surface area contributed by atoms with Crippen LogP contribution < -0.4 is 0 Å². The maximum absolute atomic E-state index is 13.0. The van der Waals surface area contributed by atoms with E-state index in [0.717, 1.165) is 41.7 Å². The number of aromatic nitrogens is 3. The van der Waals surface area contributed by atoms with Gasteiger partial charge in [-0.25, -0.2) is 4.39 Å². The van der Waals surface area contributed by atoms with E-state index in [4.69, 9.17) is 0 Å². The molecule has 0 fully saturated rings. The Morgan fingerprint density at radius 3 is 2.38 bits per heavy atom. The Hall–Kier alpha value is -2.14. The van der Waals surface area contributed by atoms with E-state index in [-0.39, 0.29) is 5.82 Å². The van der Waals surface area contributed by atoms with E-state index in [1.54, 1.807) is 11.8 Å². The van der Waals surface area contributed by atoms with Crippen molar-refractivity contribution in [1.82, 2.24) is 14.8 Å². The third kappa shape index (κ3) is 4.23. The molecule has 3 aromatic rings. The zero-order valence-corrected chi connectivity index (χ0v) is 14.5. The summed E-state index contributed by atoms with van der Waals surface area (Å²) in [6.07, 6.45) is 1.84. The minimum Gasteiger partial charge on any atom is -0.306 e. The molecule has 0 saturated heterocycles. The molecule has 1 heterocycles. The van der Waals surface area contributed by atoms with Gasteiger partial charge in [0.15, 0.2) is 5.16 Å². The first-order chi connectivity index (χ1) is 11.8. The van der Waals surface area contributed by atoms with Crippen molar-refractivity contribution in [3.63, 3.8) is 0 Å². The maximum Gasteiger partial charge on any atom is 0.191 e. The molecule has 5 heteroatoms. The van der Waals surface area contributed by atoms with Gasteiger partial charge in [0.1, 0.15) is 11.6 Å². The maximum atomic E-state index is 13.0. The highest BCUT2D eigenvalue weighted by Gasteiger charge is 2.11. The van der Waals surface area contributed by atoms with E-state index in [1.807, 2.05) is 18.2 Å².